The van der Waals surface area contributed by atoms with E-state index in [0.717, 1.165) is 31.9 Å². The molecule has 1 saturated heterocycles. The van der Waals surface area contributed by atoms with Crippen molar-refractivity contribution < 1.29 is 15.0 Å². The topological polar surface area (TPSA) is 88.1 Å². The number of likely N-dealkylation sites (N-methyl/N-ethyl adjacent to an activating group) is 1. The molecule has 7 heteroatoms. The quantitative estimate of drug-likeness (QED) is 0.688. The number of benzene rings is 2. The van der Waals surface area contributed by atoms with Gasteiger partial charge in [0.15, 0.2) is 0 Å². The molecule has 0 saturated carbocycles. The molecule has 0 unspecified atom stereocenters. The highest BCUT2D eigenvalue weighted by atomic mass is 16.3. The molecule has 0 aromatic heterocycles. The highest BCUT2D eigenvalue weighted by Crippen LogP contribution is 2.24. The number of amides is 2. The lowest BCUT2D eigenvalue weighted by Gasteiger charge is -2.34. The van der Waals surface area contributed by atoms with Crippen LogP contribution in [-0.4, -0.2) is 54.4 Å². The molecule has 1 heterocycles. The molecule has 1 fully saturated rings. The summed E-state index contributed by atoms with van der Waals surface area (Å²) >= 11 is 0. The maximum absolute atomic E-state index is 12.0. The fourth-order valence-corrected chi connectivity index (χ4v) is 2.78. The molecule has 0 spiro atoms. The predicted molar refractivity (Wildman–Crippen MR) is 98.6 cm³/mol. The Hall–Kier alpha value is -2.93. The third-order valence-electron chi connectivity index (χ3n) is 4.15. The summed E-state index contributed by atoms with van der Waals surface area (Å²) in [7, 11) is 2.12. The zero-order valence-corrected chi connectivity index (χ0v) is 14.1. The van der Waals surface area contributed by atoms with Crippen LogP contribution >= 0.6 is 0 Å². The first kappa shape index (κ1) is 16.9. The Kier molecular flexibility index (Phi) is 4.95. The first-order valence-electron chi connectivity index (χ1n) is 8.14. The molecule has 2 aromatic carbocycles. The predicted octanol–water partition coefficient (Wildman–Crippen LogP) is 2.49. The van der Waals surface area contributed by atoms with E-state index in [1.807, 2.05) is 24.3 Å². The van der Waals surface area contributed by atoms with Gasteiger partial charge in [-0.05, 0) is 31.3 Å². The monoisotopic (exact) mass is 342 g/mol. The summed E-state index contributed by atoms with van der Waals surface area (Å²) in [6.45, 7) is 4.06. The highest BCUT2D eigenvalue weighted by Gasteiger charge is 2.14. The van der Waals surface area contributed by atoms with Gasteiger partial charge in [-0.2, -0.15) is 0 Å². The number of nitrogens with zero attached hydrogens (tertiary/aromatic N) is 2. The van der Waals surface area contributed by atoms with E-state index in [1.165, 1.54) is 18.2 Å². The molecule has 25 heavy (non-hydrogen) atoms. The minimum Gasteiger partial charge on any atom is -0.508 e. The van der Waals surface area contributed by atoms with Gasteiger partial charge in [-0.1, -0.05) is 0 Å². The molecule has 1 aliphatic rings. The molecular formula is C18H22N4O3. The maximum Gasteiger partial charge on any atom is 0.323 e. The molecule has 0 radical (unpaired) electrons. The number of hydrogen-bond acceptors (Lipinski definition) is 5. The normalized spacial score (nSPS) is 15.0. The summed E-state index contributed by atoms with van der Waals surface area (Å²) in [5.41, 5.74) is 2.11. The SMILES string of the molecule is CN1CCN(c2ccc(NC(=O)Nc3cc(O)cc(O)c3)cc2)CC1. The lowest BCUT2D eigenvalue weighted by molar-refractivity contribution is 0.262. The molecule has 132 valence electrons. The number of phenolic OH excluding ortho intramolecular Hbond substituents is 2. The maximum atomic E-state index is 12.0. The van der Waals surface area contributed by atoms with Crippen LogP contribution in [0.4, 0.5) is 21.9 Å². The molecule has 4 N–H and O–H groups in total. The zero-order chi connectivity index (χ0) is 17.8. The summed E-state index contributed by atoms with van der Waals surface area (Å²) in [5.74, 6) is -0.237. The minimum absolute atomic E-state index is 0.119. The molecular weight excluding hydrogens is 320 g/mol. The van der Waals surface area contributed by atoms with Crippen LogP contribution in [0, 0.1) is 0 Å². The van der Waals surface area contributed by atoms with Gasteiger partial charge in [0.1, 0.15) is 11.5 Å². The van der Waals surface area contributed by atoms with E-state index in [4.69, 9.17) is 0 Å². The molecule has 7 nitrogen and oxygen atoms in total. The number of anilines is 3. The number of aromatic hydroxyl groups is 2. The lowest BCUT2D eigenvalue weighted by atomic mass is 10.2. The molecule has 0 atom stereocenters. The van der Waals surface area contributed by atoms with Crippen molar-refractivity contribution in [1.29, 1.82) is 0 Å². The number of nitrogens with one attached hydrogen (secondary N) is 2. The van der Waals surface area contributed by atoms with Crippen molar-refractivity contribution in [3.05, 3.63) is 42.5 Å². The Morgan fingerprint density at radius 3 is 2.04 bits per heavy atom. The van der Waals surface area contributed by atoms with Crippen molar-refractivity contribution >= 4 is 23.1 Å². The van der Waals surface area contributed by atoms with Crippen LogP contribution in [0.25, 0.3) is 0 Å². The summed E-state index contributed by atoms with van der Waals surface area (Å²) in [5, 5.41) is 24.2. The minimum atomic E-state index is -0.447. The number of urea groups is 1. The van der Waals surface area contributed by atoms with Crippen molar-refractivity contribution in [3.8, 4) is 11.5 Å². The molecule has 3 rings (SSSR count). The van der Waals surface area contributed by atoms with Gasteiger partial charge in [-0.3, -0.25) is 0 Å². The van der Waals surface area contributed by atoms with Gasteiger partial charge in [0.05, 0.1) is 0 Å². The van der Waals surface area contributed by atoms with Crippen molar-refractivity contribution in [2.75, 3.05) is 48.8 Å². The molecule has 2 amide bonds. The average molecular weight is 342 g/mol. The number of piperazine rings is 1. The summed E-state index contributed by atoms with van der Waals surface area (Å²) in [6.07, 6.45) is 0. The van der Waals surface area contributed by atoms with E-state index in [2.05, 4.69) is 27.5 Å². The number of carbonyl (C=O) groups excluding carboxylic acids is 1. The average Bonchev–Trinajstić information content (AvgIpc) is 2.55. The van der Waals surface area contributed by atoms with Gasteiger partial charge in [-0.15, -0.1) is 0 Å². The Morgan fingerprint density at radius 2 is 1.44 bits per heavy atom. The van der Waals surface area contributed by atoms with Crippen LogP contribution in [0.3, 0.4) is 0 Å². The molecule has 2 aromatic rings. The van der Waals surface area contributed by atoms with Crippen LogP contribution in [-0.2, 0) is 0 Å². The van der Waals surface area contributed by atoms with Crippen molar-refractivity contribution in [1.82, 2.24) is 4.90 Å². The van der Waals surface area contributed by atoms with E-state index < -0.39 is 6.03 Å². The fraction of sp³-hybridized carbons (Fsp3) is 0.278. The zero-order valence-electron chi connectivity index (χ0n) is 14.1. The second kappa shape index (κ2) is 7.31. The van der Waals surface area contributed by atoms with Crippen LogP contribution in [0.2, 0.25) is 0 Å². The van der Waals surface area contributed by atoms with Gasteiger partial charge in [0, 0.05) is 61.4 Å². The second-order valence-electron chi connectivity index (χ2n) is 6.15. The van der Waals surface area contributed by atoms with E-state index in [9.17, 15) is 15.0 Å². The van der Waals surface area contributed by atoms with Crippen molar-refractivity contribution in [2.45, 2.75) is 0 Å². The number of phenols is 2. The van der Waals surface area contributed by atoms with Gasteiger partial charge in [0.25, 0.3) is 0 Å². The van der Waals surface area contributed by atoms with Gasteiger partial charge >= 0.3 is 6.03 Å². The van der Waals surface area contributed by atoms with Crippen LogP contribution in [0.1, 0.15) is 0 Å². The number of rotatable bonds is 3. The molecule has 0 aliphatic carbocycles. The Balaban J connectivity index is 1.58. The van der Waals surface area contributed by atoms with E-state index in [1.54, 1.807) is 0 Å². The fourth-order valence-electron chi connectivity index (χ4n) is 2.78. The highest BCUT2D eigenvalue weighted by molar-refractivity contribution is 6.00. The summed E-state index contributed by atoms with van der Waals surface area (Å²) < 4.78 is 0. The van der Waals surface area contributed by atoms with E-state index >= 15 is 0 Å². The van der Waals surface area contributed by atoms with Gasteiger partial charge in [0.2, 0.25) is 0 Å². The standard InChI is InChI=1S/C18H22N4O3/c1-21-6-8-22(9-7-21)15-4-2-13(3-5-15)19-18(25)20-14-10-16(23)12-17(24)11-14/h2-5,10-12,23-24H,6-9H2,1H3,(H2,19,20,25). The van der Waals surface area contributed by atoms with Crippen LogP contribution < -0.4 is 15.5 Å². The first-order valence-corrected chi connectivity index (χ1v) is 8.14. The van der Waals surface area contributed by atoms with Crippen LogP contribution in [0.15, 0.2) is 42.5 Å². The summed E-state index contributed by atoms with van der Waals surface area (Å²) in [6, 6.07) is 11.1. The molecule has 0 bridgehead atoms. The van der Waals surface area contributed by atoms with Crippen LogP contribution in [0.5, 0.6) is 11.5 Å². The molecule has 1 aliphatic heterocycles. The lowest BCUT2D eigenvalue weighted by Crippen LogP contribution is -2.44. The Morgan fingerprint density at radius 1 is 0.880 bits per heavy atom. The number of hydrogen-bond donors (Lipinski definition) is 4. The first-order chi connectivity index (χ1) is 12.0. The second-order valence-corrected chi connectivity index (χ2v) is 6.15. The largest absolute Gasteiger partial charge is 0.508 e. The van der Waals surface area contributed by atoms with Crippen molar-refractivity contribution in [2.24, 2.45) is 0 Å². The van der Waals surface area contributed by atoms with Gasteiger partial charge in [-0.25, -0.2) is 4.79 Å². The Labute approximate surface area is 146 Å². The number of carbonyl (C=O) groups is 1. The van der Waals surface area contributed by atoms with Crippen molar-refractivity contribution in [3.63, 3.8) is 0 Å². The smallest absolute Gasteiger partial charge is 0.323 e. The van der Waals surface area contributed by atoms with E-state index in [0.29, 0.717) is 11.4 Å². The third-order valence-corrected chi connectivity index (χ3v) is 4.15. The van der Waals surface area contributed by atoms with Gasteiger partial charge < -0.3 is 30.6 Å². The summed E-state index contributed by atoms with van der Waals surface area (Å²) in [4.78, 5) is 16.6. The Bertz CT molecular complexity index is 720. The van der Waals surface area contributed by atoms with E-state index in [-0.39, 0.29) is 11.5 Å². The third kappa shape index (κ3) is 4.54.